The first kappa shape index (κ1) is 10.6. The number of carbonyl (C=O) groups excluding carboxylic acids is 1. The van der Waals surface area contributed by atoms with Crippen LogP contribution in [0.3, 0.4) is 0 Å². The van der Waals surface area contributed by atoms with Gasteiger partial charge in [0.1, 0.15) is 6.33 Å². The molecule has 14 heavy (non-hydrogen) atoms. The van der Waals surface area contributed by atoms with E-state index in [4.69, 9.17) is 0 Å². The number of Topliss-reactive ketones (excluding diaryl/α,β-unsaturated/α-hetero) is 1. The Morgan fingerprint density at radius 1 is 1.50 bits per heavy atom. The van der Waals surface area contributed by atoms with Gasteiger partial charge in [0.25, 0.3) is 0 Å². The van der Waals surface area contributed by atoms with Crippen LogP contribution in [0.25, 0.3) is 0 Å². The second-order valence-electron chi connectivity index (χ2n) is 3.15. The van der Waals surface area contributed by atoms with Crippen LogP contribution in [0.5, 0.6) is 0 Å². The SMILES string of the molecule is C=CCCCCCC(=O)c1ncn[nH]1. The third-order valence-corrected chi connectivity index (χ3v) is 1.99. The van der Waals surface area contributed by atoms with Gasteiger partial charge in [0.15, 0.2) is 11.6 Å². The zero-order valence-electron chi connectivity index (χ0n) is 8.20. The summed E-state index contributed by atoms with van der Waals surface area (Å²) in [6.07, 6.45) is 7.90. The minimum Gasteiger partial charge on any atom is -0.291 e. The highest BCUT2D eigenvalue weighted by Crippen LogP contribution is 2.05. The molecule has 1 N–H and O–H groups in total. The van der Waals surface area contributed by atoms with E-state index in [0.29, 0.717) is 12.2 Å². The van der Waals surface area contributed by atoms with Crippen LogP contribution in [0.2, 0.25) is 0 Å². The van der Waals surface area contributed by atoms with E-state index in [0.717, 1.165) is 25.7 Å². The van der Waals surface area contributed by atoms with E-state index in [9.17, 15) is 4.79 Å². The average molecular weight is 193 g/mol. The van der Waals surface area contributed by atoms with E-state index >= 15 is 0 Å². The smallest absolute Gasteiger partial charge is 0.199 e. The summed E-state index contributed by atoms with van der Waals surface area (Å²) in [4.78, 5) is 15.2. The van der Waals surface area contributed by atoms with Crippen molar-refractivity contribution in [2.45, 2.75) is 32.1 Å². The van der Waals surface area contributed by atoms with Crippen molar-refractivity contribution < 1.29 is 4.79 Å². The summed E-state index contributed by atoms with van der Waals surface area (Å²) in [5.41, 5.74) is 0. The predicted molar refractivity (Wildman–Crippen MR) is 54.0 cm³/mol. The molecule has 0 bridgehead atoms. The fraction of sp³-hybridized carbons (Fsp3) is 0.500. The average Bonchev–Trinajstić information content (AvgIpc) is 2.70. The van der Waals surface area contributed by atoms with E-state index in [1.807, 2.05) is 6.08 Å². The number of allylic oxidation sites excluding steroid dienone is 1. The quantitative estimate of drug-likeness (QED) is 0.410. The minimum atomic E-state index is 0.0427. The van der Waals surface area contributed by atoms with Crippen LogP contribution in [0, 0.1) is 0 Å². The van der Waals surface area contributed by atoms with Crippen molar-refractivity contribution in [2.75, 3.05) is 0 Å². The first-order chi connectivity index (χ1) is 6.84. The van der Waals surface area contributed by atoms with Gasteiger partial charge in [-0.25, -0.2) is 4.98 Å². The molecule has 76 valence electrons. The predicted octanol–water partition coefficient (Wildman–Crippen LogP) is 2.12. The summed E-state index contributed by atoms with van der Waals surface area (Å²) in [7, 11) is 0. The number of H-pyrrole nitrogens is 1. The number of unbranched alkanes of at least 4 members (excludes halogenated alkanes) is 3. The first-order valence-electron chi connectivity index (χ1n) is 4.84. The third kappa shape index (κ3) is 3.51. The van der Waals surface area contributed by atoms with Gasteiger partial charge in [0.05, 0.1) is 0 Å². The normalized spacial score (nSPS) is 10.0. The summed E-state index contributed by atoms with van der Waals surface area (Å²) in [5.74, 6) is 0.412. The lowest BCUT2D eigenvalue weighted by molar-refractivity contribution is 0.0969. The lowest BCUT2D eigenvalue weighted by atomic mass is 10.1. The molecule has 0 aliphatic heterocycles. The molecule has 0 amide bonds. The molecular formula is C10H15N3O. The van der Waals surface area contributed by atoms with Crippen LogP contribution in [-0.2, 0) is 0 Å². The number of rotatable bonds is 7. The van der Waals surface area contributed by atoms with Crippen molar-refractivity contribution in [3.8, 4) is 0 Å². The first-order valence-corrected chi connectivity index (χ1v) is 4.84. The van der Waals surface area contributed by atoms with E-state index in [2.05, 4.69) is 21.8 Å². The Morgan fingerprint density at radius 3 is 3.00 bits per heavy atom. The van der Waals surface area contributed by atoms with Crippen LogP contribution in [0.15, 0.2) is 19.0 Å². The maximum atomic E-state index is 11.4. The van der Waals surface area contributed by atoms with Gasteiger partial charge in [-0.3, -0.25) is 9.89 Å². The topological polar surface area (TPSA) is 58.6 Å². The Morgan fingerprint density at radius 2 is 2.36 bits per heavy atom. The fourth-order valence-corrected chi connectivity index (χ4v) is 1.21. The Kier molecular flexibility index (Phi) is 4.61. The van der Waals surface area contributed by atoms with Crippen molar-refractivity contribution in [1.29, 1.82) is 0 Å². The number of hydrogen-bond acceptors (Lipinski definition) is 3. The van der Waals surface area contributed by atoms with Crippen molar-refractivity contribution >= 4 is 5.78 Å². The van der Waals surface area contributed by atoms with Crippen LogP contribution < -0.4 is 0 Å². The molecule has 0 atom stereocenters. The second-order valence-corrected chi connectivity index (χ2v) is 3.15. The number of ketones is 1. The fourth-order valence-electron chi connectivity index (χ4n) is 1.21. The van der Waals surface area contributed by atoms with E-state index in [1.54, 1.807) is 0 Å². The summed E-state index contributed by atoms with van der Waals surface area (Å²) in [6, 6.07) is 0. The van der Waals surface area contributed by atoms with Gasteiger partial charge in [0.2, 0.25) is 0 Å². The van der Waals surface area contributed by atoms with Gasteiger partial charge in [0, 0.05) is 6.42 Å². The van der Waals surface area contributed by atoms with Crippen molar-refractivity contribution in [1.82, 2.24) is 15.2 Å². The summed E-state index contributed by atoms with van der Waals surface area (Å²) in [6.45, 7) is 3.64. The van der Waals surface area contributed by atoms with E-state index in [1.165, 1.54) is 6.33 Å². The minimum absolute atomic E-state index is 0.0427. The molecule has 0 radical (unpaired) electrons. The Balaban J connectivity index is 2.13. The van der Waals surface area contributed by atoms with Gasteiger partial charge >= 0.3 is 0 Å². The zero-order valence-corrected chi connectivity index (χ0v) is 8.20. The molecule has 0 spiro atoms. The molecule has 4 heteroatoms. The number of hydrogen-bond donors (Lipinski definition) is 1. The number of nitrogens with zero attached hydrogens (tertiary/aromatic N) is 2. The number of aromatic amines is 1. The molecule has 1 aromatic rings. The molecule has 0 saturated carbocycles. The summed E-state index contributed by atoms with van der Waals surface area (Å²) >= 11 is 0. The highest BCUT2D eigenvalue weighted by Gasteiger charge is 2.07. The maximum Gasteiger partial charge on any atom is 0.199 e. The Labute approximate surface area is 83.4 Å². The van der Waals surface area contributed by atoms with Crippen LogP contribution >= 0.6 is 0 Å². The largest absolute Gasteiger partial charge is 0.291 e. The Bertz CT molecular complexity index is 280. The van der Waals surface area contributed by atoms with Gasteiger partial charge in [-0.05, 0) is 19.3 Å². The lowest BCUT2D eigenvalue weighted by Gasteiger charge is -1.96. The van der Waals surface area contributed by atoms with Gasteiger partial charge < -0.3 is 0 Å². The van der Waals surface area contributed by atoms with Crippen molar-refractivity contribution in [3.05, 3.63) is 24.8 Å². The standard InChI is InChI=1S/C10H15N3O/c1-2-3-4-5-6-7-9(14)10-11-8-12-13-10/h2,8H,1,3-7H2,(H,11,12,13). The molecule has 1 rings (SSSR count). The second kappa shape index (κ2) is 6.07. The summed E-state index contributed by atoms with van der Waals surface area (Å²) < 4.78 is 0. The molecule has 1 heterocycles. The number of aromatic nitrogens is 3. The van der Waals surface area contributed by atoms with Gasteiger partial charge in [-0.1, -0.05) is 12.5 Å². The molecule has 1 aromatic heterocycles. The molecule has 4 nitrogen and oxygen atoms in total. The molecule has 0 aliphatic rings. The third-order valence-electron chi connectivity index (χ3n) is 1.99. The van der Waals surface area contributed by atoms with Gasteiger partial charge in [-0.2, -0.15) is 5.10 Å². The summed E-state index contributed by atoms with van der Waals surface area (Å²) in [5, 5.41) is 6.19. The molecule has 0 aliphatic carbocycles. The highest BCUT2D eigenvalue weighted by molar-refractivity contribution is 5.92. The van der Waals surface area contributed by atoms with Crippen LogP contribution in [0.1, 0.15) is 42.7 Å². The lowest BCUT2D eigenvalue weighted by Crippen LogP contribution is -2.01. The van der Waals surface area contributed by atoms with E-state index < -0.39 is 0 Å². The molecule has 0 unspecified atom stereocenters. The molecule has 0 aromatic carbocycles. The molecule has 0 saturated heterocycles. The van der Waals surface area contributed by atoms with Crippen molar-refractivity contribution in [2.24, 2.45) is 0 Å². The van der Waals surface area contributed by atoms with Crippen LogP contribution in [0.4, 0.5) is 0 Å². The zero-order chi connectivity index (χ0) is 10.2. The van der Waals surface area contributed by atoms with E-state index in [-0.39, 0.29) is 5.78 Å². The monoisotopic (exact) mass is 193 g/mol. The Hall–Kier alpha value is -1.45. The molecule has 0 fully saturated rings. The van der Waals surface area contributed by atoms with Crippen molar-refractivity contribution in [3.63, 3.8) is 0 Å². The molecular weight excluding hydrogens is 178 g/mol. The number of carbonyl (C=O) groups is 1. The number of nitrogens with one attached hydrogen (secondary N) is 1. The van der Waals surface area contributed by atoms with Crippen LogP contribution in [-0.4, -0.2) is 21.0 Å². The maximum absolute atomic E-state index is 11.4. The highest BCUT2D eigenvalue weighted by atomic mass is 16.1. The van der Waals surface area contributed by atoms with Gasteiger partial charge in [-0.15, -0.1) is 6.58 Å².